The van der Waals surface area contributed by atoms with Crippen LogP contribution >= 0.6 is 34.8 Å². The highest BCUT2D eigenvalue weighted by Crippen LogP contribution is 2.38. The number of ether oxygens (including phenoxy) is 6. The molecule has 0 aliphatic carbocycles. The fourth-order valence-corrected chi connectivity index (χ4v) is 4.01. The molecule has 0 unspecified atom stereocenters. The van der Waals surface area contributed by atoms with Gasteiger partial charge in [0.25, 0.3) is 3.79 Å². The molecule has 0 radical (unpaired) electrons. The van der Waals surface area contributed by atoms with Crippen LogP contribution in [0.25, 0.3) is 0 Å². The molecule has 0 amide bonds. The summed E-state index contributed by atoms with van der Waals surface area (Å²) in [6.07, 6.45) is -5.32. The van der Waals surface area contributed by atoms with Gasteiger partial charge in [-0.05, 0) is 5.56 Å². The number of hydrogen-bond acceptors (Lipinski definition) is 8. The molecule has 2 heterocycles. The van der Waals surface area contributed by atoms with Crippen LogP contribution in [0.2, 0.25) is 0 Å². The second-order valence-electron chi connectivity index (χ2n) is 8.00. The van der Waals surface area contributed by atoms with Crippen molar-refractivity contribution in [2.45, 2.75) is 54.3 Å². The fourth-order valence-electron chi connectivity index (χ4n) is 3.88. The van der Waals surface area contributed by atoms with E-state index in [-0.39, 0.29) is 13.2 Å². The van der Waals surface area contributed by atoms with Crippen molar-refractivity contribution in [2.75, 3.05) is 6.61 Å². The van der Waals surface area contributed by atoms with Gasteiger partial charge in [-0.15, -0.1) is 0 Å². The fraction of sp³-hybridized carbons (Fsp3) is 0.417. The van der Waals surface area contributed by atoms with Gasteiger partial charge in [0.15, 0.2) is 12.4 Å². The van der Waals surface area contributed by atoms with Gasteiger partial charge in [-0.25, -0.2) is 0 Å². The maximum atomic E-state index is 12.0. The van der Waals surface area contributed by atoms with Gasteiger partial charge in [0, 0.05) is 12.5 Å². The van der Waals surface area contributed by atoms with Crippen LogP contribution in [0.4, 0.5) is 0 Å². The number of benzene rings is 2. The first-order valence-corrected chi connectivity index (χ1v) is 12.0. The monoisotopic (exact) mass is 543 g/mol. The third kappa shape index (κ3) is 6.65. The second kappa shape index (κ2) is 11.4. The van der Waals surface area contributed by atoms with Crippen molar-refractivity contribution in [2.24, 2.45) is 0 Å². The smallest absolute Gasteiger partial charge is 0.303 e. The zero-order valence-corrected chi connectivity index (χ0v) is 20.9. The minimum absolute atomic E-state index is 0.128. The van der Waals surface area contributed by atoms with E-state index >= 15 is 0 Å². The summed E-state index contributed by atoms with van der Waals surface area (Å²) in [7, 11) is 0. The predicted octanol–water partition coefficient (Wildman–Crippen LogP) is 4.71. The van der Waals surface area contributed by atoms with Crippen LogP contribution in [0.1, 0.15) is 24.3 Å². The summed E-state index contributed by atoms with van der Waals surface area (Å²) in [6, 6.07) is 18.9. The standard InChI is InChI=1S/C24H24Cl3NO7/c1-14(29)32-20-19(30-12-15-8-4-2-5-9-15)18-17(33-22(20)35-23(28)24(25,26)27)13-31-21(34-18)16-10-6-3-7-11-16/h2-11,17-22,28H,12-13H2,1H3/t17-,18-,19+,20-,21-,22-/m1/s1. The number of carbonyl (C=O) groups excluding carboxylic acids is 1. The molecular weight excluding hydrogens is 521 g/mol. The Bertz CT molecular complexity index is 1010. The highest BCUT2D eigenvalue weighted by molar-refractivity contribution is 6.76. The maximum Gasteiger partial charge on any atom is 0.303 e. The van der Waals surface area contributed by atoms with Crippen LogP contribution in [0.15, 0.2) is 60.7 Å². The molecule has 2 aliphatic rings. The van der Waals surface area contributed by atoms with Crippen LogP contribution in [0.3, 0.4) is 0 Å². The molecule has 1 N–H and O–H groups in total. The molecule has 2 aromatic carbocycles. The first-order valence-electron chi connectivity index (χ1n) is 10.8. The van der Waals surface area contributed by atoms with Crippen LogP contribution in [0.5, 0.6) is 0 Å². The van der Waals surface area contributed by atoms with E-state index in [1.54, 1.807) is 0 Å². The van der Waals surface area contributed by atoms with Crippen molar-refractivity contribution in [1.29, 1.82) is 5.41 Å². The Hall–Kier alpha value is -1.91. The number of fused-ring (bicyclic) bond motifs is 1. The number of hydrogen-bond donors (Lipinski definition) is 1. The van der Waals surface area contributed by atoms with E-state index < -0.39 is 52.7 Å². The Morgan fingerprint density at radius 3 is 2.29 bits per heavy atom. The molecule has 2 fully saturated rings. The van der Waals surface area contributed by atoms with E-state index in [4.69, 9.17) is 68.6 Å². The Morgan fingerprint density at radius 1 is 1.00 bits per heavy atom. The normalized spacial score (nSPS) is 28.6. The van der Waals surface area contributed by atoms with Gasteiger partial charge < -0.3 is 28.4 Å². The van der Waals surface area contributed by atoms with E-state index in [1.165, 1.54) is 6.92 Å². The van der Waals surface area contributed by atoms with Gasteiger partial charge in [0.2, 0.25) is 12.2 Å². The second-order valence-corrected chi connectivity index (χ2v) is 10.3. The first kappa shape index (κ1) is 26.2. The summed E-state index contributed by atoms with van der Waals surface area (Å²) >= 11 is 17.4. The minimum Gasteiger partial charge on any atom is -0.453 e. The molecule has 11 heteroatoms. The average molecular weight is 545 g/mol. The topological polar surface area (TPSA) is 96.3 Å². The van der Waals surface area contributed by atoms with Crippen molar-refractivity contribution in [3.8, 4) is 0 Å². The van der Waals surface area contributed by atoms with Gasteiger partial charge >= 0.3 is 5.97 Å². The van der Waals surface area contributed by atoms with Gasteiger partial charge in [0.05, 0.1) is 13.2 Å². The number of carbonyl (C=O) groups is 1. The van der Waals surface area contributed by atoms with Gasteiger partial charge in [-0.2, -0.15) is 0 Å². The highest BCUT2D eigenvalue weighted by Gasteiger charge is 2.54. The SMILES string of the molecule is CC(=O)O[C@H]1[C@@H](OC(=N)C(Cl)(Cl)Cl)O[C@@H]2CO[C@@H](c3ccccc3)O[C@H]2[C@@H]1OCc1ccccc1. The predicted molar refractivity (Wildman–Crippen MR) is 128 cm³/mol. The molecule has 0 saturated carbocycles. The summed E-state index contributed by atoms with van der Waals surface area (Å²) in [6.45, 7) is 1.57. The van der Waals surface area contributed by atoms with Crippen molar-refractivity contribution < 1.29 is 33.2 Å². The Balaban J connectivity index is 1.62. The molecule has 2 aliphatic heterocycles. The maximum absolute atomic E-state index is 12.0. The van der Waals surface area contributed by atoms with Crippen LogP contribution < -0.4 is 0 Å². The summed E-state index contributed by atoms with van der Waals surface area (Å²) in [4.78, 5) is 12.0. The molecule has 8 nitrogen and oxygen atoms in total. The van der Waals surface area contributed by atoms with Crippen LogP contribution in [-0.4, -0.2) is 53.0 Å². The van der Waals surface area contributed by atoms with Crippen molar-refractivity contribution >= 4 is 46.7 Å². The lowest BCUT2D eigenvalue weighted by molar-refractivity contribution is -0.358. The highest BCUT2D eigenvalue weighted by atomic mass is 35.6. The van der Waals surface area contributed by atoms with Gasteiger partial charge in [0.1, 0.15) is 18.3 Å². The van der Waals surface area contributed by atoms with Crippen molar-refractivity contribution in [1.82, 2.24) is 0 Å². The Kier molecular flexibility index (Phi) is 8.54. The third-order valence-corrected chi connectivity index (χ3v) is 5.95. The summed E-state index contributed by atoms with van der Waals surface area (Å²) < 4.78 is 33.3. The van der Waals surface area contributed by atoms with Crippen molar-refractivity contribution in [3.63, 3.8) is 0 Å². The lowest BCUT2D eigenvalue weighted by Crippen LogP contribution is -2.64. The zero-order chi connectivity index (χ0) is 25.0. The number of halogens is 3. The molecular formula is C24H24Cl3NO7. The summed E-state index contributed by atoms with van der Waals surface area (Å²) in [5, 5.41) is 7.99. The van der Waals surface area contributed by atoms with E-state index in [0.29, 0.717) is 0 Å². The van der Waals surface area contributed by atoms with E-state index in [1.807, 2.05) is 60.7 Å². The number of nitrogens with one attached hydrogen (secondary N) is 1. The summed E-state index contributed by atoms with van der Waals surface area (Å²) in [5.41, 5.74) is 1.71. The van der Waals surface area contributed by atoms with Gasteiger partial charge in [-0.1, -0.05) is 95.5 Å². The zero-order valence-electron chi connectivity index (χ0n) is 18.6. The Morgan fingerprint density at radius 2 is 1.66 bits per heavy atom. The molecule has 35 heavy (non-hydrogen) atoms. The van der Waals surface area contributed by atoms with E-state index in [2.05, 4.69) is 0 Å². The lowest BCUT2D eigenvalue weighted by atomic mass is 9.97. The number of rotatable bonds is 6. The molecule has 2 saturated heterocycles. The van der Waals surface area contributed by atoms with Crippen LogP contribution in [-0.2, 0) is 39.8 Å². The average Bonchev–Trinajstić information content (AvgIpc) is 2.84. The molecule has 188 valence electrons. The lowest BCUT2D eigenvalue weighted by Gasteiger charge is -2.48. The van der Waals surface area contributed by atoms with Crippen LogP contribution in [0, 0.1) is 5.41 Å². The first-order chi connectivity index (χ1) is 16.7. The molecule has 0 bridgehead atoms. The number of esters is 1. The van der Waals surface area contributed by atoms with E-state index in [0.717, 1.165) is 11.1 Å². The van der Waals surface area contributed by atoms with E-state index in [9.17, 15) is 4.79 Å². The minimum atomic E-state index is -2.14. The quantitative estimate of drug-likeness (QED) is 0.244. The number of alkyl halides is 3. The molecule has 4 rings (SSSR count). The Labute approximate surface area is 217 Å². The summed E-state index contributed by atoms with van der Waals surface area (Å²) in [5.74, 6) is -1.30. The molecule has 6 atom stereocenters. The van der Waals surface area contributed by atoms with Crippen molar-refractivity contribution in [3.05, 3.63) is 71.8 Å². The molecule has 0 aromatic heterocycles. The molecule has 2 aromatic rings. The molecule has 0 spiro atoms. The third-order valence-electron chi connectivity index (χ3n) is 5.43. The largest absolute Gasteiger partial charge is 0.453 e. The van der Waals surface area contributed by atoms with Gasteiger partial charge in [-0.3, -0.25) is 10.2 Å².